The molecule has 3 unspecified atom stereocenters. The average Bonchev–Trinajstić information content (AvgIpc) is 2.25. The van der Waals surface area contributed by atoms with Crippen LogP contribution in [0, 0.1) is 11.8 Å². The Labute approximate surface area is 112 Å². The van der Waals surface area contributed by atoms with Gasteiger partial charge in [-0.1, -0.05) is 13.8 Å². The molecule has 0 aromatic rings. The molecule has 0 radical (unpaired) electrons. The predicted octanol–water partition coefficient (Wildman–Crippen LogP) is 2.28. The quantitative estimate of drug-likeness (QED) is 0.821. The van der Waals surface area contributed by atoms with Crippen LogP contribution in [0.5, 0.6) is 0 Å². The summed E-state index contributed by atoms with van der Waals surface area (Å²) in [5.74, 6) is 1.66. The summed E-state index contributed by atoms with van der Waals surface area (Å²) in [5, 5.41) is 9.39. The van der Waals surface area contributed by atoms with Crippen molar-refractivity contribution in [2.45, 2.75) is 64.7 Å². The fourth-order valence-electron chi connectivity index (χ4n) is 3.92. The Hall–Kier alpha value is -0.120. The van der Waals surface area contributed by atoms with Crippen molar-refractivity contribution in [2.75, 3.05) is 19.7 Å². The van der Waals surface area contributed by atoms with Gasteiger partial charge in [0.25, 0.3) is 0 Å². The molecule has 0 spiro atoms. The van der Waals surface area contributed by atoms with Crippen molar-refractivity contribution in [3.8, 4) is 0 Å². The Bertz CT molecular complexity index is 270. The lowest BCUT2D eigenvalue weighted by atomic mass is 9.79. The van der Waals surface area contributed by atoms with Gasteiger partial charge < -0.3 is 9.84 Å². The van der Waals surface area contributed by atoms with E-state index in [-0.39, 0.29) is 18.3 Å². The number of rotatable bonds is 2. The molecule has 2 aliphatic rings. The van der Waals surface area contributed by atoms with Crippen LogP contribution in [-0.4, -0.2) is 47.4 Å². The molecule has 3 nitrogen and oxygen atoms in total. The third-order valence-electron chi connectivity index (χ3n) is 4.38. The van der Waals surface area contributed by atoms with Crippen LogP contribution in [0.1, 0.15) is 47.0 Å². The van der Waals surface area contributed by atoms with E-state index in [1.165, 1.54) is 19.3 Å². The molecule has 106 valence electrons. The summed E-state index contributed by atoms with van der Waals surface area (Å²) >= 11 is 0. The first-order chi connectivity index (χ1) is 8.39. The van der Waals surface area contributed by atoms with Gasteiger partial charge in [-0.3, -0.25) is 4.90 Å². The summed E-state index contributed by atoms with van der Waals surface area (Å²) in [6, 6.07) is 0.681. The molecule has 1 aliphatic carbocycles. The van der Waals surface area contributed by atoms with E-state index in [9.17, 15) is 5.11 Å². The van der Waals surface area contributed by atoms with Gasteiger partial charge in [0.05, 0.1) is 18.3 Å². The Morgan fingerprint density at radius 2 is 1.78 bits per heavy atom. The maximum absolute atomic E-state index is 9.39. The lowest BCUT2D eigenvalue weighted by molar-refractivity contribution is -0.160. The van der Waals surface area contributed by atoms with Crippen LogP contribution >= 0.6 is 0 Å². The van der Waals surface area contributed by atoms with Crippen molar-refractivity contribution in [3.05, 3.63) is 0 Å². The average molecular weight is 255 g/mol. The summed E-state index contributed by atoms with van der Waals surface area (Å²) in [6.45, 7) is 11.0. The van der Waals surface area contributed by atoms with Gasteiger partial charge in [0.1, 0.15) is 0 Å². The van der Waals surface area contributed by atoms with Crippen molar-refractivity contribution < 1.29 is 9.84 Å². The Morgan fingerprint density at radius 3 is 2.33 bits per heavy atom. The molecule has 0 bridgehead atoms. The molecule has 1 saturated carbocycles. The van der Waals surface area contributed by atoms with Crippen LogP contribution in [-0.2, 0) is 4.74 Å². The summed E-state index contributed by atoms with van der Waals surface area (Å²) in [6.07, 6.45) is 3.96. The lowest BCUT2D eigenvalue weighted by Gasteiger charge is -2.48. The van der Waals surface area contributed by atoms with Gasteiger partial charge in [0, 0.05) is 19.1 Å². The molecule has 1 N–H and O–H groups in total. The Kier molecular flexibility index (Phi) is 4.35. The Morgan fingerprint density at radius 1 is 1.17 bits per heavy atom. The second kappa shape index (κ2) is 5.48. The topological polar surface area (TPSA) is 32.7 Å². The van der Waals surface area contributed by atoms with Crippen molar-refractivity contribution in [3.63, 3.8) is 0 Å². The van der Waals surface area contributed by atoms with E-state index in [4.69, 9.17) is 4.74 Å². The van der Waals surface area contributed by atoms with E-state index in [0.29, 0.717) is 6.04 Å². The smallest absolute Gasteiger partial charge is 0.0940 e. The predicted molar refractivity (Wildman–Crippen MR) is 73.6 cm³/mol. The number of hydrogen-bond acceptors (Lipinski definition) is 3. The molecule has 1 aliphatic heterocycles. The summed E-state index contributed by atoms with van der Waals surface area (Å²) in [4.78, 5) is 2.57. The molecule has 1 saturated heterocycles. The van der Waals surface area contributed by atoms with E-state index < -0.39 is 0 Å². The zero-order chi connectivity index (χ0) is 13.3. The number of ether oxygens (including phenoxy) is 1. The summed E-state index contributed by atoms with van der Waals surface area (Å²) in [7, 11) is 0. The van der Waals surface area contributed by atoms with Crippen LogP contribution in [0.25, 0.3) is 0 Å². The molecule has 0 aromatic carbocycles. The van der Waals surface area contributed by atoms with E-state index in [1.807, 2.05) is 0 Å². The van der Waals surface area contributed by atoms with Gasteiger partial charge in [0.2, 0.25) is 0 Å². The number of morpholine rings is 1. The largest absolute Gasteiger partial charge is 0.394 e. The van der Waals surface area contributed by atoms with Crippen molar-refractivity contribution in [1.82, 2.24) is 4.90 Å². The number of nitrogens with zero attached hydrogens (tertiary/aromatic N) is 1. The molecule has 3 heteroatoms. The van der Waals surface area contributed by atoms with Crippen LogP contribution in [0.4, 0.5) is 0 Å². The van der Waals surface area contributed by atoms with Gasteiger partial charge in [-0.25, -0.2) is 0 Å². The number of aliphatic hydroxyl groups is 1. The zero-order valence-corrected chi connectivity index (χ0v) is 12.4. The minimum absolute atomic E-state index is 0.0127. The minimum Gasteiger partial charge on any atom is -0.394 e. The first-order valence-corrected chi connectivity index (χ1v) is 7.42. The molecule has 2 fully saturated rings. The third kappa shape index (κ3) is 3.46. The second-order valence-electron chi connectivity index (χ2n) is 7.18. The SMILES string of the molecule is CC1CC(C)CC(N2CC(CO)OC(C)(C)C2)C1. The summed E-state index contributed by atoms with van der Waals surface area (Å²) in [5.41, 5.74) is -0.129. The van der Waals surface area contributed by atoms with Crippen molar-refractivity contribution >= 4 is 0 Å². The first-order valence-electron chi connectivity index (χ1n) is 7.42. The van der Waals surface area contributed by atoms with Gasteiger partial charge in [-0.15, -0.1) is 0 Å². The molecular formula is C15H29NO2. The second-order valence-corrected chi connectivity index (χ2v) is 7.18. The molecule has 3 atom stereocenters. The van der Waals surface area contributed by atoms with E-state index in [0.717, 1.165) is 24.9 Å². The van der Waals surface area contributed by atoms with Gasteiger partial charge in [0.15, 0.2) is 0 Å². The minimum atomic E-state index is -0.129. The highest BCUT2D eigenvalue weighted by Gasteiger charge is 2.38. The van der Waals surface area contributed by atoms with Gasteiger partial charge >= 0.3 is 0 Å². The molecule has 0 amide bonds. The number of hydrogen-bond donors (Lipinski definition) is 1. The van der Waals surface area contributed by atoms with Gasteiger partial charge in [-0.05, 0) is 44.9 Å². The van der Waals surface area contributed by atoms with Crippen LogP contribution in [0.15, 0.2) is 0 Å². The molecule has 0 aromatic heterocycles. The van der Waals surface area contributed by atoms with Crippen LogP contribution < -0.4 is 0 Å². The highest BCUT2D eigenvalue weighted by molar-refractivity contribution is 4.90. The van der Waals surface area contributed by atoms with E-state index >= 15 is 0 Å². The maximum atomic E-state index is 9.39. The highest BCUT2D eigenvalue weighted by atomic mass is 16.5. The molecular weight excluding hydrogens is 226 g/mol. The maximum Gasteiger partial charge on any atom is 0.0940 e. The fourth-order valence-corrected chi connectivity index (χ4v) is 3.92. The molecule has 2 rings (SSSR count). The van der Waals surface area contributed by atoms with Crippen LogP contribution in [0.3, 0.4) is 0 Å². The molecule has 1 heterocycles. The van der Waals surface area contributed by atoms with Crippen LogP contribution in [0.2, 0.25) is 0 Å². The standard InChI is InChI=1S/C15H29NO2/c1-11-5-12(2)7-13(6-11)16-8-14(9-17)18-15(3,4)10-16/h11-14,17H,5-10H2,1-4H3. The van der Waals surface area contributed by atoms with Crippen molar-refractivity contribution in [1.29, 1.82) is 0 Å². The van der Waals surface area contributed by atoms with Gasteiger partial charge in [-0.2, -0.15) is 0 Å². The fraction of sp³-hybridized carbons (Fsp3) is 1.00. The monoisotopic (exact) mass is 255 g/mol. The number of aliphatic hydroxyl groups excluding tert-OH is 1. The van der Waals surface area contributed by atoms with E-state index in [2.05, 4.69) is 32.6 Å². The zero-order valence-electron chi connectivity index (χ0n) is 12.4. The first kappa shape index (κ1) is 14.3. The van der Waals surface area contributed by atoms with Crippen molar-refractivity contribution in [2.24, 2.45) is 11.8 Å². The lowest BCUT2D eigenvalue weighted by Crippen LogP contribution is -2.57. The van der Waals surface area contributed by atoms with E-state index in [1.54, 1.807) is 0 Å². The highest BCUT2D eigenvalue weighted by Crippen LogP contribution is 2.34. The Balaban J connectivity index is 2.02. The molecule has 18 heavy (non-hydrogen) atoms. The third-order valence-corrected chi connectivity index (χ3v) is 4.38. The normalized spacial score (nSPS) is 41.8. The summed E-state index contributed by atoms with van der Waals surface area (Å²) < 4.78 is 5.91.